The number of nitrogens with zero attached hydrogens (tertiary/aromatic N) is 2. The lowest BCUT2D eigenvalue weighted by atomic mass is 10.0. The second-order valence-electron chi connectivity index (χ2n) is 7.94. The molecule has 0 aliphatic heterocycles. The number of carbonyl (C=O) groups excluding carboxylic acids is 2. The van der Waals surface area contributed by atoms with E-state index in [1.165, 1.54) is 38.3 Å². The number of anilines is 1. The van der Waals surface area contributed by atoms with Gasteiger partial charge in [-0.25, -0.2) is 4.39 Å². The van der Waals surface area contributed by atoms with Crippen molar-refractivity contribution in [2.45, 2.75) is 19.1 Å². The number of rotatable bonds is 8. The molecule has 0 saturated carbocycles. The van der Waals surface area contributed by atoms with Crippen LogP contribution in [0.15, 0.2) is 53.3 Å². The van der Waals surface area contributed by atoms with Crippen molar-refractivity contribution in [2.75, 3.05) is 26.0 Å². The first-order valence-electron chi connectivity index (χ1n) is 10.9. The zero-order chi connectivity index (χ0) is 27.3. The summed E-state index contributed by atoms with van der Waals surface area (Å²) in [5.41, 5.74) is 2.72. The highest BCUT2D eigenvalue weighted by atomic mass is 19.4. The smallest absolute Gasteiger partial charge is 0.399 e. The molecule has 1 atom stereocenters. The lowest BCUT2D eigenvalue weighted by Crippen LogP contribution is -2.31. The average molecular weight is 521 g/mol. The van der Waals surface area contributed by atoms with Crippen LogP contribution < -0.4 is 21.9 Å². The van der Waals surface area contributed by atoms with E-state index in [1.807, 2.05) is 0 Å². The normalized spacial score (nSPS) is 12.2. The van der Waals surface area contributed by atoms with Gasteiger partial charge >= 0.3 is 6.18 Å². The first-order chi connectivity index (χ1) is 17.4. The zero-order valence-electron chi connectivity index (χ0n) is 19.7. The zero-order valence-corrected chi connectivity index (χ0v) is 19.7. The number of methoxy groups -OCH3 is 1. The average Bonchev–Trinajstić information content (AvgIpc) is 2.83. The Hall–Kier alpha value is -4.26. The Morgan fingerprint density at radius 2 is 1.86 bits per heavy atom. The third-order valence-electron chi connectivity index (χ3n) is 5.23. The van der Waals surface area contributed by atoms with Gasteiger partial charge in [0, 0.05) is 25.4 Å². The Kier molecular flexibility index (Phi) is 8.28. The Morgan fingerprint density at radius 3 is 2.54 bits per heavy atom. The van der Waals surface area contributed by atoms with E-state index in [-0.39, 0.29) is 41.3 Å². The van der Waals surface area contributed by atoms with Crippen LogP contribution in [0.4, 0.5) is 23.2 Å². The molecule has 0 fully saturated rings. The van der Waals surface area contributed by atoms with Crippen LogP contribution in [0.2, 0.25) is 0 Å². The van der Waals surface area contributed by atoms with Gasteiger partial charge in [-0.15, -0.1) is 0 Å². The fourth-order valence-electron chi connectivity index (χ4n) is 3.37. The highest BCUT2D eigenvalue weighted by Gasteiger charge is 2.31. The number of carbonyl (C=O) groups is 2. The van der Waals surface area contributed by atoms with Crippen molar-refractivity contribution in [3.8, 4) is 5.69 Å². The molecule has 3 aromatic rings. The molecule has 4 N–H and O–H groups in total. The minimum atomic E-state index is -4.63. The maximum atomic E-state index is 15.1. The fraction of sp³-hybridized carbons (Fsp3) is 0.250. The summed E-state index contributed by atoms with van der Waals surface area (Å²) in [4.78, 5) is 37.5. The second kappa shape index (κ2) is 11.2. The molecule has 0 radical (unpaired) electrons. The summed E-state index contributed by atoms with van der Waals surface area (Å²) in [6, 6.07) is 7.80. The van der Waals surface area contributed by atoms with E-state index in [2.05, 4.69) is 15.7 Å². The van der Waals surface area contributed by atoms with Crippen molar-refractivity contribution in [3.63, 3.8) is 0 Å². The van der Waals surface area contributed by atoms with Crippen molar-refractivity contribution in [2.24, 2.45) is 0 Å². The van der Waals surface area contributed by atoms with Crippen molar-refractivity contribution >= 4 is 17.5 Å². The van der Waals surface area contributed by atoms with Crippen LogP contribution in [0.5, 0.6) is 0 Å². The van der Waals surface area contributed by atoms with E-state index in [1.54, 1.807) is 0 Å². The van der Waals surface area contributed by atoms with Gasteiger partial charge in [-0.2, -0.15) is 23.0 Å². The molecule has 0 aliphatic carbocycles. The first-order valence-corrected chi connectivity index (χ1v) is 10.9. The van der Waals surface area contributed by atoms with Crippen LogP contribution in [0.25, 0.3) is 5.69 Å². The molecule has 2 amide bonds. The summed E-state index contributed by atoms with van der Waals surface area (Å²) in [5.74, 6) is -2.63. The number of nitrogen functional groups attached to an aromatic ring is 1. The second-order valence-corrected chi connectivity index (χ2v) is 7.94. The van der Waals surface area contributed by atoms with Crippen LogP contribution in [0, 0.1) is 5.82 Å². The molecule has 0 aliphatic rings. The molecular weight excluding hydrogens is 498 g/mol. The van der Waals surface area contributed by atoms with Gasteiger partial charge in [0.05, 0.1) is 23.8 Å². The minimum absolute atomic E-state index is 0.0900. The predicted octanol–water partition coefficient (Wildman–Crippen LogP) is 2.84. The van der Waals surface area contributed by atoms with E-state index >= 15 is 4.39 Å². The van der Waals surface area contributed by atoms with E-state index in [0.717, 1.165) is 24.3 Å². The Labute approximate surface area is 208 Å². The standard InChI is InChI=1S/C24H23F4N5O4/c1-13(14-10-15(24(26,27)28)12-16(29)11-14)31-23(36)18-6-7-20(34)33(32-18)19-5-3-4-17(21(19)25)22(35)30-8-9-37-2/h3-7,10-13H,8-9,29H2,1-2H3,(H,30,35)(H,31,36)/t13-/m1/s1. The fourth-order valence-corrected chi connectivity index (χ4v) is 3.37. The summed E-state index contributed by atoms with van der Waals surface area (Å²) >= 11 is 0. The van der Waals surface area contributed by atoms with Crippen LogP contribution in [-0.2, 0) is 10.9 Å². The van der Waals surface area contributed by atoms with E-state index < -0.39 is 41.0 Å². The molecule has 37 heavy (non-hydrogen) atoms. The number of nitrogens with two attached hydrogens (primary N) is 1. The number of ether oxygens (including phenoxy) is 1. The lowest BCUT2D eigenvalue weighted by molar-refractivity contribution is -0.137. The lowest BCUT2D eigenvalue weighted by Gasteiger charge is -2.17. The van der Waals surface area contributed by atoms with Crippen LogP contribution in [0.1, 0.15) is 44.9 Å². The Morgan fingerprint density at radius 1 is 1.14 bits per heavy atom. The number of alkyl halides is 3. The molecule has 2 aromatic carbocycles. The molecular formula is C24H23F4N5O4. The third-order valence-corrected chi connectivity index (χ3v) is 5.23. The summed E-state index contributed by atoms with van der Waals surface area (Å²) in [6.07, 6.45) is -4.63. The Balaban J connectivity index is 1.88. The van der Waals surface area contributed by atoms with Gasteiger partial charge in [0.2, 0.25) is 0 Å². The van der Waals surface area contributed by atoms with Crippen LogP contribution in [0.3, 0.4) is 0 Å². The SMILES string of the molecule is COCCNC(=O)c1cccc(-n2nc(C(=O)N[C@H](C)c3cc(N)cc(C(F)(F)F)c3)ccc2=O)c1F. The number of aromatic nitrogens is 2. The molecule has 1 heterocycles. The van der Waals surface area contributed by atoms with E-state index in [9.17, 15) is 27.6 Å². The summed E-state index contributed by atoms with van der Waals surface area (Å²) in [7, 11) is 1.43. The van der Waals surface area contributed by atoms with Crippen molar-refractivity contribution < 1.29 is 31.9 Å². The monoisotopic (exact) mass is 521 g/mol. The summed E-state index contributed by atoms with van der Waals surface area (Å²) in [5, 5.41) is 8.84. The van der Waals surface area contributed by atoms with Crippen molar-refractivity contribution in [1.82, 2.24) is 20.4 Å². The summed E-state index contributed by atoms with van der Waals surface area (Å²) < 4.78 is 60.0. The van der Waals surface area contributed by atoms with Gasteiger partial charge in [-0.1, -0.05) is 6.07 Å². The molecule has 3 rings (SSSR count). The van der Waals surface area contributed by atoms with Gasteiger partial charge in [-0.3, -0.25) is 14.4 Å². The van der Waals surface area contributed by atoms with E-state index in [0.29, 0.717) is 4.68 Å². The third kappa shape index (κ3) is 6.50. The van der Waals surface area contributed by atoms with Gasteiger partial charge in [-0.05, 0) is 48.9 Å². The molecule has 0 spiro atoms. The molecule has 0 unspecified atom stereocenters. The maximum Gasteiger partial charge on any atom is 0.416 e. The highest BCUT2D eigenvalue weighted by Crippen LogP contribution is 2.32. The van der Waals surface area contributed by atoms with Gasteiger partial charge in [0.15, 0.2) is 5.82 Å². The molecule has 0 bridgehead atoms. The molecule has 196 valence electrons. The topological polar surface area (TPSA) is 128 Å². The van der Waals surface area contributed by atoms with Crippen molar-refractivity contribution in [3.05, 3.63) is 87.1 Å². The van der Waals surface area contributed by atoms with Crippen molar-refractivity contribution in [1.29, 1.82) is 0 Å². The number of nitrogens with one attached hydrogen (secondary N) is 2. The molecule has 1 aromatic heterocycles. The largest absolute Gasteiger partial charge is 0.416 e. The number of hydrogen-bond acceptors (Lipinski definition) is 6. The summed E-state index contributed by atoms with van der Waals surface area (Å²) in [6.45, 7) is 1.77. The van der Waals surface area contributed by atoms with Gasteiger partial charge < -0.3 is 21.1 Å². The highest BCUT2D eigenvalue weighted by molar-refractivity contribution is 5.95. The number of amides is 2. The first kappa shape index (κ1) is 27.3. The maximum absolute atomic E-state index is 15.1. The molecule has 0 saturated heterocycles. The number of halogens is 4. The quantitative estimate of drug-likeness (QED) is 0.238. The van der Waals surface area contributed by atoms with Gasteiger partial charge in [0.1, 0.15) is 11.4 Å². The minimum Gasteiger partial charge on any atom is -0.399 e. The van der Waals surface area contributed by atoms with Crippen LogP contribution in [-0.4, -0.2) is 41.9 Å². The molecule has 13 heteroatoms. The van der Waals surface area contributed by atoms with E-state index in [4.69, 9.17) is 10.5 Å². The molecule has 9 nitrogen and oxygen atoms in total. The van der Waals surface area contributed by atoms with Crippen LogP contribution >= 0.6 is 0 Å². The number of hydrogen-bond donors (Lipinski definition) is 3. The number of benzene rings is 2. The Bertz CT molecular complexity index is 1370. The van der Waals surface area contributed by atoms with Gasteiger partial charge in [0.25, 0.3) is 17.4 Å². The predicted molar refractivity (Wildman–Crippen MR) is 126 cm³/mol.